The molecule has 0 atom stereocenters. The van der Waals surface area contributed by atoms with Crippen molar-refractivity contribution in [1.29, 1.82) is 0 Å². The van der Waals surface area contributed by atoms with Crippen molar-refractivity contribution < 1.29 is 27.5 Å². The average molecular weight is 446 g/mol. The molecule has 0 unspecified atom stereocenters. The summed E-state index contributed by atoms with van der Waals surface area (Å²) in [6, 6.07) is 11.8. The molecule has 0 N–H and O–H groups in total. The van der Waals surface area contributed by atoms with Crippen molar-refractivity contribution >= 4 is 22.0 Å². The summed E-state index contributed by atoms with van der Waals surface area (Å²) < 4.78 is 37.3. The van der Waals surface area contributed by atoms with E-state index in [-0.39, 0.29) is 36.5 Å². The molecule has 2 aromatic carbocycles. The highest BCUT2D eigenvalue weighted by molar-refractivity contribution is 7.89. The topological polar surface area (TPSA) is 90.0 Å². The van der Waals surface area contributed by atoms with Gasteiger partial charge in [-0.25, -0.2) is 13.2 Å². The number of piperidine rings is 1. The Bertz CT molecular complexity index is 1050. The first-order valence-electron chi connectivity index (χ1n) is 10.1. The smallest absolute Gasteiger partial charge is 0.337 e. The van der Waals surface area contributed by atoms with Crippen LogP contribution in [-0.2, 0) is 30.9 Å². The number of carbonyl (C=O) groups excluding carboxylic acids is 2. The number of benzene rings is 2. The third kappa shape index (κ3) is 5.32. The van der Waals surface area contributed by atoms with Crippen LogP contribution >= 0.6 is 0 Å². The Morgan fingerprint density at radius 2 is 1.65 bits per heavy atom. The van der Waals surface area contributed by atoms with Gasteiger partial charge < -0.3 is 9.47 Å². The van der Waals surface area contributed by atoms with E-state index in [0.29, 0.717) is 18.4 Å². The summed E-state index contributed by atoms with van der Waals surface area (Å²) in [5.74, 6) is -1.09. The number of methoxy groups -OCH3 is 1. The molecular weight excluding hydrogens is 418 g/mol. The molecule has 166 valence electrons. The van der Waals surface area contributed by atoms with Crippen molar-refractivity contribution in [1.82, 2.24) is 4.31 Å². The van der Waals surface area contributed by atoms with E-state index in [9.17, 15) is 18.0 Å². The van der Waals surface area contributed by atoms with Crippen LogP contribution in [0.25, 0.3) is 0 Å². The maximum atomic E-state index is 12.9. The summed E-state index contributed by atoms with van der Waals surface area (Å²) in [5.41, 5.74) is 3.16. The third-order valence-electron chi connectivity index (χ3n) is 5.66. The highest BCUT2D eigenvalue weighted by atomic mass is 32.2. The lowest BCUT2D eigenvalue weighted by atomic mass is 9.98. The predicted molar refractivity (Wildman–Crippen MR) is 115 cm³/mol. The van der Waals surface area contributed by atoms with Crippen LogP contribution in [0.5, 0.6) is 0 Å². The number of ether oxygens (including phenoxy) is 2. The van der Waals surface area contributed by atoms with Gasteiger partial charge in [0.2, 0.25) is 10.0 Å². The molecule has 0 amide bonds. The SMILES string of the molecule is COC(=O)c1ccc(COC(=O)C2CCN(S(=O)(=O)c3ccc(C)c(C)c3)CC2)cc1. The van der Waals surface area contributed by atoms with Gasteiger partial charge in [-0.15, -0.1) is 0 Å². The van der Waals surface area contributed by atoms with E-state index >= 15 is 0 Å². The van der Waals surface area contributed by atoms with Crippen LogP contribution in [-0.4, -0.2) is 44.9 Å². The summed E-state index contributed by atoms with van der Waals surface area (Å²) >= 11 is 0. The second-order valence-corrected chi connectivity index (χ2v) is 9.66. The molecular formula is C23H27NO6S. The van der Waals surface area contributed by atoms with Crippen LogP contribution in [0.2, 0.25) is 0 Å². The van der Waals surface area contributed by atoms with Gasteiger partial charge in [-0.2, -0.15) is 4.31 Å². The Morgan fingerprint density at radius 3 is 2.23 bits per heavy atom. The summed E-state index contributed by atoms with van der Waals surface area (Å²) in [6.07, 6.45) is 0.842. The van der Waals surface area contributed by atoms with Crippen LogP contribution in [0, 0.1) is 19.8 Å². The fraction of sp³-hybridized carbons (Fsp3) is 0.391. The molecule has 0 aliphatic carbocycles. The lowest BCUT2D eigenvalue weighted by molar-refractivity contribution is -0.151. The van der Waals surface area contributed by atoms with Gasteiger partial charge in [-0.05, 0) is 67.6 Å². The zero-order valence-corrected chi connectivity index (χ0v) is 18.8. The minimum absolute atomic E-state index is 0.0987. The molecule has 1 fully saturated rings. The number of carbonyl (C=O) groups is 2. The van der Waals surface area contributed by atoms with Crippen molar-refractivity contribution in [3.8, 4) is 0 Å². The van der Waals surface area contributed by atoms with Gasteiger partial charge in [0.25, 0.3) is 0 Å². The number of nitrogens with zero attached hydrogens (tertiary/aromatic N) is 1. The van der Waals surface area contributed by atoms with Gasteiger partial charge in [0.1, 0.15) is 6.61 Å². The summed E-state index contributed by atoms with van der Waals surface area (Å²) in [4.78, 5) is 24.2. The fourth-order valence-electron chi connectivity index (χ4n) is 3.48. The molecule has 0 saturated carbocycles. The van der Waals surface area contributed by atoms with Gasteiger partial charge in [0.15, 0.2) is 0 Å². The molecule has 7 nitrogen and oxygen atoms in total. The largest absolute Gasteiger partial charge is 0.465 e. The lowest BCUT2D eigenvalue weighted by Gasteiger charge is -2.30. The number of aryl methyl sites for hydroxylation is 2. The second kappa shape index (κ2) is 9.62. The quantitative estimate of drug-likeness (QED) is 0.634. The van der Waals surface area contributed by atoms with E-state index in [2.05, 4.69) is 4.74 Å². The van der Waals surface area contributed by atoms with Gasteiger partial charge in [-0.1, -0.05) is 18.2 Å². The third-order valence-corrected chi connectivity index (χ3v) is 7.55. The monoisotopic (exact) mass is 445 g/mol. The van der Waals surface area contributed by atoms with Crippen LogP contribution < -0.4 is 0 Å². The van der Waals surface area contributed by atoms with Crippen LogP contribution in [0.4, 0.5) is 0 Å². The van der Waals surface area contributed by atoms with Gasteiger partial charge >= 0.3 is 11.9 Å². The van der Waals surface area contributed by atoms with Gasteiger partial charge in [-0.3, -0.25) is 4.79 Å². The molecule has 31 heavy (non-hydrogen) atoms. The number of esters is 2. The Balaban J connectivity index is 1.53. The first kappa shape index (κ1) is 23.0. The molecule has 1 aliphatic heterocycles. The van der Waals surface area contributed by atoms with E-state index in [1.807, 2.05) is 19.9 Å². The van der Waals surface area contributed by atoms with E-state index < -0.39 is 16.0 Å². The van der Waals surface area contributed by atoms with E-state index in [1.165, 1.54) is 11.4 Å². The lowest BCUT2D eigenvalue weighted by Crippen LogP contribution is -2.40. The Morgan fingerprint density at radius 1 is 1.00 bits per heavy atom. The standard InChI is InChI=1S/C23H27NO6S/c1-16-4-9-21(14-17(16)2)31(27,28)24-12-10-20(11-13-24)23(26)30-15-18-5-7-19(8-6-18)22(25)29-3/h4-9,14,20H,10-13,15H2,1-3H3. The van der Waals surface area contributed by atoms with E-state index in [0.717, 1.165) is 16.7 Å². The number of hydrogen-bond donors (Lipinski definition) is 0. The number of hydrogen-bond acceptors (Lipinski definition) is 6. The Hall–Kier alpha value is -2.71. The molecule has 8 heteroatoms. The van der Waals surface area contributed by atoms with Crippen molar-refractivity contribution in [3.63, 3.8) is 0 Å². The second-order valence-electron chi connectivity index (χ2n) is 7.72. The minimum Gasteiger partial charge on any atom is -0.465 e. The summed E-state index contributed by atoms with van der Waals surface area (Å²) in [6.45, 7) is 4.49. The van der Waals surface area contributed by atoms with Gasteiger partial charge in [0, 0.05) is 13.1 Å². The Kier molecular flexibility index (Phi) is 7.12. The van der Waals surface area contributed by atoms with Gasteiger partial charge in [0.05, 0.1) is 23.5 Å². The predicted octanol–water partition coefficient (Wildman–Crippen LogP) is 3.23. The molecule has 0 aromatic heterocycles. The summed E-state index contributed by atoms with van der Waals surface area (Å²) in [7, 11) is -2.26. The molecule has 2 aromatic rings. The van der Waals surface area contributed by atoms with E-state index in [4.69, 9.17) is 4.74 Å². The van der Waals surface area contributed by atoms with Crippen molar-refractivity contribution in [2.24, 2.45) is 5.92 Å². The van der Waals surface area contributed by atoms with Crippen molar-refractivity contribution in [2.75, 3.05) is 20.2 Å². The highest BCUT2D eigenvalue weighted by Gasteiger charge is 2.33. The maximum Gasteiger partial charge on any atom is 0.337 e. The molecule has 0 spiro atoms. The molecule has 3 rings (SSSR count). The van der Waals surface area contributed by atoms with Crippen LogP contribution in [0.3, 0.4) is 0 Å². The van der Waals surface area contributed by atoms with Crippen molar-refractivity contribution in [2.45, 2.75) is 38.2 Å². The summed E-state index contributed by atoms with van der Waals surface area (Å²) in [5, 5.41) is 0. The molecule has 1 aliphatic rings. The van der Waals surface area contributed by atoms with Crippen LogP contribution in [0.15, 0.2) is 47.4 Å². The molecule has 1 heterocycles. The number of sulfonamides is 1. The van der Waals surface area contributed by atoms with Crippen molar-refractivity contribution in [3.05, 3.63) is 64.7 Å². The maximum absolute atomic E-state index is 12.9. The number of rotatable bonds is 6. The zero-order valence-electron chi connectivity index (χ0n) is 18.0. The van der Waals surface area contributed by atoms with Crippen LogP contribution in [0.1, 0.15) is 39.9 Å². The molecule has 0 radical (unpaired) electrons. The highest BCUT2D eigenvalue weighted by Crippen LogP contribution is 2.26. The fourth-order valence-corrected chi connectivity index (χ4v) is 5.04. The average Bonchev–Trinajstić information content (AvgIpc) is 2.79. The van der Waals surface area contributed by atoms with E-state index in [1.54, 1.807) is 36.4 Å². The zero-order chi connectivity index (χ0) is 22.6. The molecule has 0 bridgehead atoms. The Labute approximate surface area is 183 Å². The molecule has 1 saturated heterocycles. The first-order chi connectivity index (χ1) is 14.7. The minimum atomic E-state index is -3.58. The first-order valence-corrected chi connectivity index (χ1v) is 11.6. The normalized spacial score (nSPS) is 15.5.